The second-order valence-electron chi connectivity index (χ2n) is 5.74. The van der Waals surface area contributed by atoms with Crippen LogP contribution in [-0.4, -0.2) is 17.4 Å². The van der Waals surface area contributed by atoms with E-state index < -0.39 is 0 Å². The van der Waals surface area contributed by atoms with E-state index in [2.05, 4.69) is 31.1 Å². The fourth-order valence-corrected chi connectivity index (χ4v) is 3.10. The lowest BCUT2D eigenvalue weighted by Crippen LogP contribution is -2.30. The molecular formula is C15H27N3OS. The number of aromatic nitrogens is 1. The molecule has 1 aromatic heterocycles. The van der Waals surface area contributed by atoms with Gasteiger partial charge in [0.25, 0.3) is 0 Å². The summed E-state index contributed by atoms with van der Waals surface area (Å²) in [5, 5.41) is 4.00. The Hall–Kier alpha value is -0.940. The molecular weight excluding hydrogens is 270 g/mol. The van der Waals surface area contributed by atoms with Crippen molar-refractivity contribution < 1.29 is 4.79 Å². The van der Waals surface area contributed by atoms with Crippen molar-refractivity contribution in [1.29, 1.82) is 0 Å². The maximum Gasteiger partial charge on any atom is 0.220 e. The number of nitrogens with two attached hydrogens (primary N) is 1. The van der Waals surface area contributed by atoms with Gasteiger partial charge in [-0.2, -0.15) is 0 Å². The largest absolute Gasteiger partial charge is 0.347 e. The number of carbonyl (C=O) groups is 1. The molecule has 1 aromatic rings. The fraction of sp³-hybridized carbons (Fsp3) is 0.733. The molecule has 0 aromatic carbocycles. The lowest BCUT2D eigenvalue weighted by molar-refractivity contribution is -0.122. The predicted octanol–water partition coefficient (Wildman–Crippen LogP) is 2.89. The molecule has 0 saturated carbocycles. The SMILES string of the molecule is CCc1cnc(C(C)NC(=O)CC(CN)CC(C)C)s1. The Bertz CT molecular complexity index is 417. The van der Waals surface area contributed by atoms with Gasteiger partial charge in [0.2, 0.25) is 5.91 Å². The van der Waals surface area contributed by atoms with E-state index in [1.54, 1.807) is 11.3 Å². The molecule has 1 heterocycles. The third-order valence-electron chi connectivity index (χ3n) is 3.28. The molecule has 0 bridgehead atoms. The van der Waals surface area contributed by atoms with Crippen LogP contribution in [0.5, 0.6) is 0 Å². The lowest BCUT2D eigenvalue weighted by Gasteiger charge is -2.18. The zero-order chi connectivity index (χ0) is 15.1. The molecule has 1 amide bonds. The molecule has 0 aliphatic heterocycles. The van der Waals surface area contributed by atoms with Crippen LogP contribution in [0, 0.1) is 11.8 Å². The third-order valence-corrected chi connectivity index (χ3v) is 4.60. The summed E-state index contributed by atoms with van der Waals surface area (Å²) in [5.41, 5.74) is 5.74. The highest BCUT2D eigenvalue weighted by Gasteiger charge is 2.17. The van der Waals surface area contributed by atoms with E-state index in [9.17, 15) is 4.79 Å². The molecule has 2 atom stereocenters. The first kappa shape index (κ1) is 17.1. The van der Waals surface area contributed by atoms with E-state index in [1.165, 1.54) is 4.88 Å². The van der Waals surface area contributed by atoms with E-state index in [4.69, 9.17) is 5.73 Å². The third kappa shape index (κ3) is 5.59. The van der Waals surface area contributed by atoms with Gasteiger partial charge in [0, 0.05) is 17.5 Å². The topological polar surface area (TPSA) is 68.0 Å². The monoisotopic (exact) mass is 297 g/mol. The van der Waals surface area contributed by atoms with Crippen LogP contribution in [0.4, 0.5) is 0 Å². The number of nitrogens with zero attached hydrogens (tertiary/aromatic N) is 1. The van der Waals surface area contributed by atoms with Crippen molar-refractivity contribution >= 4 is 17.2 Å². The molecule has 0 aliphatic carbocycles. The minimum absolute atomic E-state index is 0.0229. The standard InChI is InChI=1S/C15H27N3OS/c1-5-13-9-17-15(20-13)11(4)18-14(19)7-12(8-16)6-10(2)3/h9-12H,5-8,16H2,1-4H3,(H,18,19). The summed E-state index contributed by atoms with van der Waals surface area (Å²) in [7, 11) is 0. The minimum Gasteiger partial charge on any atom is -0.347 e. The van der Waals surface area contributed by atoms with E-state index >= 15 is 0 Å². The van der Waals surface area contributed by atoms with E-state index in [1.807, 2.05) is 13.1 Å². The van der Waals surface area contributed by atoms with Gasteiger partial charge in [-0.15, -0.1) is 11.3 Å². The van der Waals surface area contributed by atoms with E-state index in [0.717, 1.165) is 17.8 Å². The highest BCUT2D eigenvalue weighted by molar-refractivity contribution is 7.11. The molecule has 4 nitrogen and oxygen atoms in total. The van der Waals surface area contributed by atoms with Gasteiger partial charge in [0.05, 0.1) is 6.04 Å². The number of amides is 1. The highest BCUT2D eigenvalue weighted by atomic mass is 32.1. The average Bonchev–Trinajstić information content (AvgIpc) is 2.86. The van der Waals surface area contributed by atoms with Gasteiger partial charge in [-0.05, 0) is 38.1 Å². The van der Waals surface area contributed by atoms with Crippen molar-refractivity contribution in [3.05, 3.63) is 16.1 Å². The molecule has 0 aliphatic rings. The molecule has 114 valence electrons. The maximum absolute atomic E-state index is 12.1. The van der Waals surface area contributed by atoms with Gasteiger partial charge in [0.1, 0.15) is 5.01 Å². The Morgan fingerprint density at radius 1 is 1.45 bits per heavy atom. The molecule has 3 N–H and O–H groups in total. The number of carbonyl (C=O) groups excluding carboxylic acids is 1. The van der Waals surface area contributed by atoms with Crippen molar-refractivity contribution in [2.45, 2.75) is 53.0 Å². The summed E-state index contributed by atoms with van der Waals surface area (Å²) in [6.07, 6.45) is 4.38. The summed E-state index contributed by atoms with van der Waals surface area (Å²) in [6.45, 7) is 8.97. The Morgan fingerprint density at radius 3 is 2.65 bits per heavy atom. The number of aryl methyl sites for hydroxylation is 1. The normalized spacial score (nSPS) is 14.3. The van der Waals surface area contributed by atoms with Gasteiger partial charge in [-0.1, -0.05) is 20.8 Å². The Balaban J connectivity index is 2.48. The molecule has 0 spiro atoms. The first-order valence-corrected chi connectivity index (χ1v) is 8.21. The number of hydrogen-bond acceptors (Lipinski definition) is 4. The van der Waals surface area contributed by atoms with Gasteiger partial charge in [-0.25, -0.2) is 4.98 Å². The first-order valence-electron chi connectivity index (χ1n) is 7.40. The predicted molar refractivity (Wildman–Crippen MR) is 84.7 cm³/mol. The van der Waals surface area contributed by atoms with E-state index in [-0.39, 0.29) is 17.9 Å². The van der Waals surface area contributed by atoms with Crippen LogP contribution in [0.1, 0.15) is 56.5 Å². The zero-order valence-electron chi connectivity index (χ0n) is 13.0. The van der Waals surface area contributed by atoms with Crippen LogP contribution in [-0.2, 0) is 11.2 Å². The van der Waals surface area contributed by atoms with Crippen LogP contribution in [0.25, 0.3) is 0 Å². The number of thiazole rings is 1. The zero-order valence-corrected chi connectivity index (χ0v) is 13.8. The van der Waals surface area contributed by atoms with Gasteiger partial charge in [0.15, 0.2) is 0 Å². The van der Waals surface area contributed by atoms with Crippen LogP contribution in [0.2, 0.25) is 0 Å². The summed E-state index contributed by atoms with van der Waals surface area (Å²) in [5.74, 6) is 0.909. The van der Waals surface area contributed by atoms with Crippen LogP contribution in [0.15, 0.2) is 6.20 Å². The lowest BCUT2D eigenvalue weighted by atomic mass is 9.94. The Morgan fingerprint density at radius 2 is 2.15 bits per heavy atom. The van der Waals surface area contributed by atoms with Crippen LogP contribution < -0.4 is 11.1 Å². The van der Waals surface area contributed by atoms with Crippen molar-refractivity contribution in [2.75, 3.05) is 6.54 Å². The smallest absolute Gasteiger partial charge is 0.220 e. The molecule has 0 radical (unpaired) electrons. The van der Waals surface area contributed by atoms with E-state index in [0.29, 0.717) is 18.9 Å². The Kier molecular flexibility index (Phi) is 7.16. The summed E-state index contributed by atoms with van der Waals surface area (Å²) >= 11 is 1.67. The first-order chi connectivity index (χ1) is 9.46. The quantitative estimate of drug-likeness (QED) is 0.775. The highest BCUT2D eigenvalue weighted by Crippen LogP contribution is 2.21. The molecule has 0 fully saturated rings. The molecule has 1 rings (SSSR count). The second-order valence-corrected chi connectivity index (χ2v) is 6.89. The summed E-state index contributed by atoms with van der Waals surface area (Å²) < 4.78 is 0. The number of nitrogens with one attached hydrogen (secondary N) is 1. The van der Waals surface area contributed by atoms with Crippen LogP contribution in [0.3, 0.4) is 0 Å². The number of hydrogen-bond donors (Lipinski definition) is 2. The fourth-order valence-electron chi connectivity index (χ4n) is 2.24. The van der Waals surface area contributed by atoms with Crippen LogP contribution >= 0.6 is 11.3 Å². The minimum atomic E-state index is -0.0229. The van der Waals surface area contributed by atoms with Gasteiger partial charge in [-0.3, -0.25) is 4.79 Å². The molecule has 2 unspecified atom stereocenters. The molecule has 5 heteroatoms. The van der Waals surface area contributed by atoms with Crippen molar-refractivity contribution in [1.82, 2.24) is 10.3 Å². The molecule has 20 heavy (non-hydrogen) atoms. The maximum atomic E-state index is 12.1. The van der Waals surface area contributed by atoms with Gasteiger partial charge < -0.3 is 11.1 Å². The van der Waals surface area contributed by atoms with Crippen molar-refractivity contribution in [2.24, 2.45) is 17.6 Å². The van der Waals surface area contributed by atoms with Crippen molar-refractivity contribution in [3.8, 4) is 0 Å². The number of rotatable bonds is 8. The average molecular weight is 297 g/mol. The van der Waals surface area contributed by atoms with Gasteiger partial charge >= 0.3 is 0 Å². The summed E-state index contributed by atoms with van der Waals surface area (Å²) in [4.78, 5) is 17.7. The van der Waals surface area contributed by atoms with Crippen molar-refractivity contribution in [3.63, 3.8) is 0 Å². The molecule has 0 saturated heterocycles. The summed E-state index contributed by atoms with van der Waals surface area (Å²) in [6, 6.07) is -0.0229. The Labute approximate surface area is 126 Å². The second kappa shape index (κ2) is 8.37.